The molecular formula is C10H17N. The summed E-state index contributed by atoms with van der Waals surface area (Å²) < 4.78 is 0. The second-order valence-corrected chi connectivity index (χ2v) is 4.00. The van der Waals surface area contributed by atoms with E-state index in [0.717, 1.165) is 12.0 Å². The molecule has 0 aromatic rings. The number of fused-ring (bicyclic) bond motifs is 1. The first-order chi connectivity index (χ1) is 5.29. The highest BCUT2D eigenvalue weighted by Crippen LogP contribution is 2.58. The quantitative estimate of drug-likeness (QED) is 0.608. The fourth-order valence-electron chi connectivity index (χ4n) is 2.17. The van der Waals surface area contributed by atoms with Crippen LogP contribution in [0.1, 0.15) is 26.7 Å². The Bertz CT molecular complexity index is 181. The molecule has 0 amide bonds. The third kappa shape index (κ3) is 0.943. The lowest BCUT2D eigenvalue weighted by atomic mass is 9.85. The van der Waals surface area contributed by atoms with E-state index in [2.05, 4.69) is 31.3 Å². The Morgan fingerprint density at radius 3 is 2.91 bits per heavy atom. The van der Waals surface area contributed by atoms with E-state index < -0.39 is 0 Å². The summed E-state index contributed by atoms with van der Waals surface area (Å²) in [6.45, 7) is 5.81. The molecule has 62 valence electrons. The summed E-state index contributed by atoms with van der Waals surface area (Å²) in [5.41, 5.74) is 0.700. The average molecular weight is 151 g/mol. The maximum atomic E-state index is 3.45. The zero-order valence-electron chi connectivity index (χ0n) is 7.43. The van der Waals surface area contributed by atoms with Gasteiger partial charge in [0.2, 0.25) is 0 Å². The van der Waals surface area contributed by atoms with Crippen molar-refractivity contribution in [2.24, 2.45) is 11.3 Å². The molecule has 1 aliphatic heterocycles. The molecule has 1 heteroatoms. The maximum absolute atomic E-state index is 3.45. The van der Waals surface area contributed by atoms with Crippen molar-refractivity contribution in [1.29, 1.82) is 0 Å². The van der Waals surface area contributed by atoms with Crippen molar-refractivity contribution in [2.75, 3.05) is 6.54 Å². The molecule has 0 bridgehead atoms. The van der Waals surface area contributed by atoms with Crippen LogP contribution >= 0.6 is 0 Å². The van der Waals surface area contributed by atoms with Gasteiger partial charge in [0.25, 0.3) is 0 Å². The van der Waals surface area contributed by atoms with Crippen LogP contribution in [0.5, 0.6) is 0 Å². The molecule has 1 heterocycles. The van der Waals surface area contributed by atoms with Gasteiger partial charge in [0, 0.05) is 18.0 Å². The SMILES string of the molecule is CC/C=C/C(C)C12CNC1C2. The lowest BCUT2D eigenvalue weighted by Crippen LogP contribution is -2.45. The van der Waals surface area contributed by atoms with Gasteiger partial charge in [-0.15, -0.1) is 0 Å². The Morgan fingerprint density at radius 2 is 2.55 bits per heavy atom. The van der Waals surface area contributed by atoms with Crippen LogP contribution in [-0.2, 0) is 0 Å². The van der Waals surface area contributed by atoms with Gasteiger partial charge in [-0.3, -0.25) is 0 Å². The monoisotopic (exact) mass is 151 g/mol. The smallest absolute Gasteiger partial charge is 0.0149 e. The van der Waals surface area contributed by atoms with Gasteiger partial charge in [-0.1, -0.05) is 26.0 Å². The number of allylic oxidation sites excluding steroid dienone is 2. The minimum absolute atomic E-state index is 0.700. The van der Waals surface area contributed by atoms with Gasteiger partial charge in [0.1, 0.15) is 0 Å². The van der Waals surface area contributed by atoms with E-state index in [-0.39, 0.29) is 0 Å². The van der Waals surface area contributed by atoms with Crippen molar-refractivity contribution in [2.45, 2.75) is 32.7 Å². The topological polar surface area (TPSA) is 12.0 Å². The Balaban J connectivity index is 1.90. The van der Waals surface area contributed by atoms with Crippen LogP contribution in [-0.4, -0.2) is 12.6 Å². The number of nitrogens with one attached hydrogen (secondary N) is 1. The van der Waals surface area contributed by atoms with Crippen molar-refractivity contribution in [1.82, 2.24) is 5.32 Å². The van der Waals surface area contributed by atoms with E-state index in [1.54, 1.807) is 0 Å². The molecule has 1 saturated heterocycles. The summed E-state index contributed by atoms with van der Waals surface area (Å²) in [5, 5.41) is 3.45. The van der Waals surface area contributed by atoms with Crippen LogP contribution in [0.2, 0.25) is 0 Å². The predicted molar refractivity (Wildman–Crippen MR) is 47.4 cm³/mol. The van der Waals surface area contributed by atoms with Crippen LogP contribution in [0, 0.1) is 11.3 Å². The van der Waals surface area contributed by atoms with Crippen LogP contribution in [0.15, 0.2) is 12.2 Å². The van der Waals surface area contributed by atoms with Crippen LogP contribution < -0.4 is 5.32 Å². The predicted octanol–water partition coefficient (Wildman–Crippen LogP) is 1.95. The van der Waals surface area contributed by atoms with Crippen molar-refractivity contribution in [3.63, 3.8) is 0 Å². The molecular weight excluding hydrogens is 134 g/mol. The third-order valence-corrected chi connectivity index (χ3v) is 3.36. The third-order valence-electron chi connectivity index (χ3n) is 3.36. The largest absolute Gasteiger partial charge is 0.313 e. The molecule has 0 spiro atoms. The fraction of sp³-hybridized carbons (Fsp3) is 0.800. The minimum atomic E-state index is 0.700. The molecule has 1 N–H and O–H groups in total. The Labute approximate surface area is 68.9 Å². The highest BCUT2D eigenvalue weighted by molar-refractivity contribution is 5.22. The van der Waals surface area contributed by atoms with E-state index in [1.807, 2.05) is 0 Å². The van der Waals surface area contributed by atoms with Crippen molar-refractivity contribution in [3.05, 3.63) is 12.2 Å². The van der Waals surface area contributed by atoms with Gasteiger partial charge < -0.3 is 5.32 Å². The first kappa shape index (κ1) is 7.35. The molecule has 0 aromatic heterocycles. The maximum Gasteiger partial charge on any atom is 0.0149 e. The molecule has 0 radical (unpaired) electrons. The molecule has 2 aliphatic rings. The van der Waals surface area contributed by atoms with Crippen LogP contribution in [0.4, 0.5) is 0 Å². The van der Waals surface area contributed by atoms with Crippen LogP contribution in [0.25, 0.3) is 0 Å². The fourth-order valence-corrected chi connectivity index (χ4v) is 2.17. The van der Waals surface area contributed by atoms with E-state index in [9.17, 15) is 0 Å². The zero-order valence-corrected chi connectivity index (χ0v) is 7.43. The molecule has 0 aromatic carbocycles. The van der Waals surface area contributed by atoms with Gasteiger partial charge in [0.15, 0.2) is 0 Å². The van der Waals surface area contributed by atoms with Gasteiger partial charge >= 0.3 is 0 Å². The van der Waals surface area contributed by atoms with E-state index >= 15 is 0 Å². The minimum Gasteiger partial charge on any atom is -0.313 e. The van der Waals surface area contributed by atoms with Gasteiger partial charge in [-0.2, -0.15) is 0 Å². The summed E-state index contributed by atoms with van der Waals surface area (Å²) in [6.07, 6.45) is 7.29. The molecule has 3 atom stereocenters. The first-order valence-electron chi connectivity index (χ1n) is 4.69. The lowest BCUT2D eigenvalue weighted by molar-refractivity contribution is 0.266. The molecule has 1 nitrogen and oxygen atoms in total. The first-order valence-corrected chi connectivity index (χ1v) is 4.69. The van der Waals surface area contributed by atoms with E-state index in [0.29, 0.717) is 5.41 Å². The summed E-state index contributed by atoms with van der Waals surface area (Å²) in [6, 6.07) is 0.874. The van der Waals surface area contributed by atoms with Crippen molar-refractivity contribution in [3.8, 4) is 0 Å². The normalized spacial score (nSPS) is 43.3. The van der Waals surface area contributed by atoms with Gasteiger partial charge in [0.05, 0.1) is 0 Å². The zero-order chi connectivity index (χ0) is 7.90. The van der Waals surface area contributed by atoms with Crippen molar-refractivity contribution >= 4 is 0 Å². The Morgan fingerprint density at radius 1 is 1.73 bits per heavy atom. The molecule has 2 fully saturated rings. The molecule has 2 rings (SSSR count). The van der Waals surface area contributed by atoms with Crippen LogP contribution in [0.3, 0.4) is 0 Å². The summed E-state index contributed by atoms with van der Waals surface area (Å²) >= 11 is 0. The highest BCUT2D eigenvalue weighted by Gasteiger charge is 2.63. The van der Waals surface area contributed by atoms with E-state index in [1.165, 1.54) is 19.4 Å². The standard InChI is InChI=1S/C10H17N/c1-3-4-5-8(2)10-6-9(10)11-7-10/h4-5,8-9,11H,3,6-7H2,1-2H3/b5-4+. The molecule has 11 heavy (non-hydrogen) atoms. The Hall–Kier alpha value is -0.300. The van der Waals surface area contributed by atoms with Crippen molar-refractivity contribution < 1.29 is 0 Å². The summed E-state index contributed by atoms with van der Waals surface area (Å²) in [7, 11) is 0. The molecule has 1 aliphatic carbocycles. The molecule has 1 saturated carbocycles. The average Bonchev–Trinajstić information content (AvgIpc) is 2.50. The lowest BCUT2D eigenvalue weighted by Gasteiger charge is -2.31. The number of hydrogen-bond donors (Lipinski definition) is 1. The van der Waals surface area contributed by atoms with Gasteiger partial charge in [-0.25, -0.2) is 0 Å². The van der Waals surface area contributed by atoms with Gasteiger partial charge in [-0.05, 0) is 18.8 Å². The summed E-state index contributed by atoms with van der Waals surface area (Å²) in [5.74, 6) is 0.800. The Kier molecular flexibility index (Phi) is 1.57. The number of rotatable bonds is 3. The number of hydrogen-bond acceptors (Lipinski definition) is 1. The van der Waals surface area contributed by atoms with E-state index in [4.69, 9.17) is 0 Å². The second kappa shape index (κ2) is 2.34. The highest BCUT2D eigenvalue weighted by atomic mass is 15.1. The second-order valence-electron chi connectivity index (χ2n) is 4.00. The summed E-state index contributed by atoms with van der Waals surface area (Å²) in [4.78, 5) is 0. The molecule has 3 unspecified atom stereocenters.